The number of nitrogens with zero attached hydrogens (tertiary/aromatic N) is 2. The van der Waals surface area contributed by atoms with E-state index in [-0.39, 0.29) is 0 Å². The highest BCUT2D eigenvalue weighted by Crippen LogP contribution is 2.27. The molecule has 19 heavy (non-hydrogen) atoms. The molecular formula is C13H16BrN3O2. The van der Waals surface area contributed by atoms with Crippen molar-refractivity contribution in [1.82, 2.24) is 10.1 Å². The van der Waals surface area contributed by atoms with Gasteiger partial charge in [0.1, 0.15) is 6.04 Å². The van der Waals surface area contributed by atoms with Crippen molar-refractivity contribution < 1.29 is 9.26 Å². The van der Waals surface area contributed by atoms with Gasteiger partial charge in [0, 0.05) is 17.1 Å². The molecule has 0 spiro atoms. The summed E-state index contributed by atoms with van der Waals surface area (Å²) in [6.45, 7) is 4.40. The van der Waals surface area contributed by atoms with Gasteiger partial charge in [0.05, 0.1) is 6.61 Å². The van der Waals surface area contributed by atoms with Crippen molar-refractivity contribution in [3.63, 3.8) is 0 Å². The van der Waals surface area contributed by atoms with Crippen LogP contribution in [0.15, 0.2) is 21.1 Å². The number of benzene rings is 1. The van der Waals surface area contributed by atoms with Gasteiger partial charge in [0.25, 0.3) is 0 Å². The maximum absolute atomic E-state index is 5.85. The molecule has 2 aromatic rings. The maximum atomic E-state index is 5.85. The molecule has 6 heteroatoms. The zero-order valence-electron chi connectivity index (χ0n) is 11.1. The summed E-state index contributed by atoms with van der Waals surface area (Å²) in [5.74, 6) is 0.926. The zero-order valence-corrected chi connectivity index (χ0v) is 12.7. The van der Waals surface area contributed by atoms with Gasteiger partial charge in [-0.25, -0.2) is 0 Å². The van der Waals surface area contributed by atoms with Crippen molar-refractivity contribution >= 4 is 15.9 Å². The molecule has 1 unspecified atom stereocenters. The molecule has 2 rings (SSSR count). The van der Waals surface area contributed by atoms with E-state index in [4.69, 9.17) is 15.0 Å². The fourth-order valence-electron chi connectivity index (χ4n) is 1.83. The van der Waals surface area contributed by atoms with E-state index >= 15 is 0 Å². The smallest absolute Gasteiger partial charge is 0.246 e. The molecule has 1 heterocycles. The van der Waals surface area contributed by atoms with Crippen molar-refractivity contribution in [3.05, 3.63) is 33.6 Å². The van der Waals surface area contributed by atoms with Gasteiger partial charge in [-0.05, 0) is 37.1 Å². The van der Waals surface area contributed by atoms with Gasteiger partial charge in [-0.2, -0.15) is 4.98 Å². The SMILES string of the molecule is COCC(N)c1nc(-c2cc(C)c(Br)c(C)c2)no1. The minimum atomic E-state index is -0.399. The molecular weight excluding hydrogens is 310 g/mol. The summed E-state index contributed by atoms with van der Waals surface area (Å²) in [4.78, 5) is 4.31. The normalized spacial score (nSPS) is 12.7. The van der Waals surface area contributed by atoms with Crippen molar-refractivity contribution in [1.29, 1.82) is 0 Å². The third kappa shape index (κ3) is 3.02. The Morgan fingerprint density at radius 1 is 1.37 bits per heavy atom. The van der Waals surface area contributed by atoms with Gasteiger partial charge in [-0.15, -0.1) is 0 Å². The van der Waals surface area contributed by atoms with Crippen LogP contribution in [-0.2, 0) is 4.74 Å². The number of methoxy groups -OCH3 is 1. The summed E-state index contributed by atoms with van der Waals surface area (Å²) in [6.07, 6.45) is 0. The lowest BCUT2D eigenvalue weighted by Crippen LogP contribution is -2.16. The fraction of sp³-hybridized carbons (Fsp3) is 0.385. The van der Waals surface area contributed by atoms with Gasteiger partial charge in [0.2, 0.25) is 11.7 Å². The van der Waals surface area contributed by atoms with Crippen molar-refractivity contribution in [2.24, 2.45) is 5.73 Å². The molecule has 5 nitrogen and oxygen atoms in total. The lowest BCUT2D eigenvalue weighted by atomic mass is 10.1. The molecule has 102 valence electrons. The van der Waals surface area contributed by atoms with E-state index in [1.807, 2.05) is 26.0 Å². The molecule has 0 amide bonds. The standard InChI is InChI=1S/C13H16BrN3O2/c1-7-4-9(5-8(2)11(7)14)12-16-13(19-17-12)10(15)6-18-3/h4-5,10H,6,15H2,1-3H3. The molecule has 2 N–H and O–H groups in total. The Bertz CT molecular complexity index is 560. The Hall–Kier alpha value is -1.24. The van der Waals surface area contributed by atoms with Crippen molar-refractivity contribution in [3.8, 4) is 11.4 Å². The highest BCUT2D eigenvalue weighted by Gasteiger charge is 2.16. The second kappa shape index (κ2) is 5.81. The maximum Gasteiger partial charge on any atom is 0.246 e. The molecule has 0 saturated carbocycles. The summed E-state index contributed by atoms with van der Waals surface area (Å²) in [7, 11) is 1.58. The lowest BCUT2D eigenvalue weighted by Gasteiger charge is -2.05. The molecule has 0 radical (unpaired) electrons. The van der Waals surface area contributed by atoms with E-state index in [2.05, 4.69) is 26.1 Å². The van der Waals surface area contributed by atoms with E-state index < -0.39 is 6.04 Å². The molecule has 1 aromatic carbocycles. The van der Waals surface area contributed by atoms with E-state index in [0.29, 0.717) is 18.3 Å². The topological polar surface area (TPSA) is 74.2 Å². The van der Waals surface area contributed by atoms with Crippen LogP contribution in [0.2, 0.25) is 0 Å². The second-order valence-corrected chi connectivity index (χ2v) is 5.24. The van der Waals surface area contributed by atoms with E-state index in [0.717, 1.165) is 21.2 Å². The minimum absolute atomic E-state index is 0.347. The Kier molecular flexibility index (Phi) is 4.34. The lowest BCUT2D eigenvalue weighted by molar-refractivity contribution is 0.166. The highest BCUT2D eigenvalue weighted by molar-refractivity contribution is 9.10. The van der Waals surface area contributed by atoms with Crippen molar-refractivity contribution in [2.45, 2.75) is 19.9 Å². The zero-order chi connectivity index (χ0) is 14.0. The van der Waals surface area contributed by atoms with Crippen LogP contribution in [0.1, 0.15) is 23.1 Å². The van der Waals surface area contributed by atoms with Gasteiger partial charge in [-0.1, -0.05) is 21.1 Å². The average molecular weight is 326 g/mol. The van der Waals surface area contributed by atoms with E-state index in [9.17, 15) is 0 Å². The number of ether oxygens (including phenoxy) is 1. The Morgan fingerprint density at radius 2 is 2.00 bits per heavy atom. The van der Waals surface area contributed by atoms with Crippen LogP contribution >= 0.6 is 15.9 Å². The summed E-state index contributed by atoms with van der Waals surface area (Å²) in [5.41, 5.74) is 9.02. The van der Waals surface area contributed by atoms with Crippen LogP contribution < -0.4 is 5.73 Å². The molecule has 0 aliphatic heterocycles. The summed E-state index contributed by atoms with van der Waals surface area (Å²) in [6, 6.07) is 3.62. The summed E-state index contributed by atoms with van der Waals surface area (Å²) in [5, 5.41) is 3.96. The summed E-state index contributed by atoms with van der Waals surface area (Å²) >= 11 is 3.53. The molecule has 0 aliphatic carbocycles. The molecule has 0 aliphatic rings. The van der Waals surface area contributed by atoms with E-state index in [1.54, 1.807) is 7.11 Å². The minimum Gasteiger partial charge on any atom is -0.383 e. The number of nitrogens with two attached hydrogens (primary N) is 1. The van der Waals surface area contributed by atoms with Gasteiger partial charge in [0.15, 0.2) is 0 Å². The van der Waals surface area contributed by atoms with Crippen LogP contribution in [0, 0.1) is 13.8 Å². The first kappa shape index (κ1) is 14.2. The first-order valence-corrected chi connectivity index (χ1v) is 6.67. The number of halogens is 1. The number of hydrogen-bond acceptors (Lipinski definition) is 5. The molecule has 0 fully saturated rings. The van der Waals surface area contributed by atoms with Gasteiger partial charge >= 0.3 is 0 Å². The van der Waals surface area contributed by atoms with Crippen LogP contribution in [0.25, 0.3) is 11.4 Å². The largest absolute Gasteiger partial charge is 0.383 e. The second-order valence-electron chi connectivity index (χ2n) is 4.44. The predicted molar refractivity (Wildman–Crippen MR) is 75.7 cm³/mol. The van der Waals surface area contributed by atoms with Crippen LogP contribution in [0.3, 0.4) is 0 Å². The highest BCUT2D eigenvalue weighted by atomic mass is 79.9. The first-order valence-electron chi connectivity index (χ1n) is 5.88. The average Bonchev–Trinajstić information content (AvgIpc) is 2.85. The Balaban J connectivity index is 2.33. The van der Waals surface area contributed by atoms with Crippen LogP contribution in [-0.4, -0.2) is 23.9 Å². The number of hydrogen-bond donors (Lipinski definition) is 1. The third-order valence-electron chi connectivity index (χ3n) is 2.80. The predicted octanol–water partition coefficient (Wildman–Crippen LogP) is 2.76. The van der Waals surface area contributed by atoms with E-state index in [1.165, 1.54) is 0 Å². The number of rotatable bonds is 4. The fourth-order valence-corrected chi connectivity index (χ4v) is 2.06. The molecule has 0 bridgehead atoms. The third-order valence-corrected chi connectivity index (χ3v) is 4.05. The molecule has 1 aromatic heterocycles. The number of aryl methyl sites for hydroxylation is 2. The number of aromatic nitrogens is 2. The monoisotopic (exact) mass is 325 g/mol. The molecule has 1 atom stereocenters. The Labute approximate surface area is 120 Å². The molecule has 0 saturated heterocycles. The van der Waals surface area contributed by atoms with Crippen LogP contribution in [0.4, 0.5) is 0 Å². The van der Waals surface area contributed by atoms with Gasteiger partial charge < -0.3 is 15.0 Å². The first-order chi connectivity index (χ1) is 9.02. The Morgan fingerprint density at radius 3 is 2.58 bits per heavy atom. The van der Waals surface area contributed by atoms with Crippen molar-refractivity contribution in [2.75, 3.05) is 13.7 Å². The summed E-state index contributed by atoms with van der Waals surface area (Å²) < 4.78 is 11.2. The van der Waals surface area contributed by atoms with Gasteiger partial charge in [-0.3, -0.25) is 0 Å². The van der Waals surface area contributed by atoms with Crippen LogP contribution in [0.5, 0.6) is 0 Å². The quantitative estimate of drug-likeness (QED) is 0.935.